The Morgan fingerprint density at radius 2 is 1.47 bits per heavy atom. The Morgan fingerprint density at radius 3 is 2.16 bits per heavy atom. The van der Waals surface area contributed by atoms with E-state index in [-0.39, 0.29) is 11.9 Å². The highest BCUT2D eigenvalue weighted by atomic mass is 32.1. The first-order valence-corrected chi connectivity index (χ1v) is 17.8. The Kier molecular flexibility index (Phi) is 11.6. The highest BCUT2D eigenvalue weighted by molar-refractivity contribution is 7.21. The van der Waals surface area contributed by atoms with Crippen LogP contribution in [0.2, 0.25) is 0 Å². The summed E-state index contributed by atoms with van der Waals surface area (Å²) in [6, 6.07) is 25.5. The maximum Gasteiger partial charge on any atom is 0.240 e. The number of thiazole rings is 1. The van der Waals surface area contributed by atoms with Crippen molar-refractivity contribution in [3.05, 3.63) is 90.0 Å². The van der Waals surface area contributed by atoms with Crippen LogP contribution >= 0.6 is 11.3 Å². The number of unbranched alkanes of at least 4 members (excludes halogenated alkanes) is 3. The number of para-hydroxylation sites is 1. The summed E-state index contributed by atoms with van der Waals surface area (Å²) >= 11 is 1.69. The summed E-state index contributed by atoms with van der Waals surface area (Å²) in [5, 5.41) is 7.23. The van der Waals surface area contributed by atoms with Crippen LogP contribution in [0, 0.1) is 0 Å². The van der Waals surface area contributed by atoms with E-state index in [1.165, 1.54) is 16.6 Å². The summed E-state index contributed by atoms with van der Waals surface area (Å²) in [6.07, 6.45) is 4.36. The van der Waals surface area contributed by atoms with E-state index in [2.05, 4.69) is 18.2 Å². The van der Waals surface area contributed by atoms with Crippen LogP contribution in [0.15, 0.2) is 84.0 Å². The SMILES string of the molecule is COc1ccc(C2CC(c3cc(OC)c(OC)c(OC)c3)=NN2C(C)=O)cc1OCCCCCCOc1cccc(-c2nc3ccccc3s2)c1. The molecule has 0 N–H and O–H groups in total. The highest BCUT2D eigenvalue weighted by Crippen LogP contribution is 2.42. The molecule has 0 spiro atoms. The van der Waals surface area contributed by atoms with Gasteiger partial charge < -0.3 is 28.4 Å². The van der Waals surface area contributed by atoms with Crippen molar-refractivity contribution >= 4 is 33.2 Å². The fourth-order valence-electron chi connectivity index (χ4n) is 6.14. The quantitative estimate of drug-likeness (QED) is 0.0939. The molecule has 6 rings (SSSR count). The van der Waals surface area contributed by atoms with Crippen molar-refractivity contribution in [1.82, 2.24) is 9.99 Å². The van der Waals surface area contributed by atoms with Gasteiger partial charge in [-0.05, 0) is 79.8 Å². The Labute approximate surface area is 302 Å². The lowest BCUT2D eigenvalue weighted by Gasteiger charge is -2.22. The molecule has 1 atom stereocenters. The molecule has 1 aliphatic rings. The summed E-state index contributed by atoms with van der Waals surface area (Å²) in [5.74, 6) is 3.50. The highest BCUT2D eigenvalue weighted by Gasteiger charge is 2.33. The van der Waals surface area contributed by atoms with Crippen LogP contribution in [0.5, 0.6) is 34.5 Å². The minimum atomic E-state index is -0.313. The van der Waals surface area contributed by atoms with E-state index in [9.17, 15) is 4.79 Å². The average molecular weight is 710 g/mol. The number of ether oxygens (including phenoxy) is 6. The standard InChI is InChI=1S/C40H43N3O7S/c1-26(44)43-33(25-32(42-43)29-23-36(46-3)39(48-5)37(24-29)47-4)27-17-18-34(45-2)35(22-27)50-20-11-7-6-10-19-49-30-14-12-13-28(21-30)40-41-31-15-8-9-16-38(31)51-40/h8-9,12-18,21-24,33H,6-7,10-11,19-20,25H2,1-5H3. The van der Waals surface area contributed by atoms with Gasteiger partial charge in [0.15, 0.2) is 23.0 Å². The molecule has 0 bridgehead atoms. The molecule has 0 saturated carbocycles. The molecule has 0 aliphatic carbocycles. The third-order valence-corrected chi connectivity index (χ3v) is 9.83. The zero-order chi connectivity index (χ0) is 35.7. The predicted molar refractivity (Wildman–Crippen MR) is 200 cm³/mol. The topological polar surface area (TPSA) is 101 Å². The number of hydrazone groups is 1. The zero-order valence-corrected chi connectivity index (χ0v) is 30.5. The van der Waals surface area contributed by atoms with Gasteiger partial charge in [0.1, 0.15) is 10.8 Å². The number of carbonyl (C=O) groups excluding carboxylic acids is 1. The second kappa shape index (κ2) is 16.6. The molecule has 11 heteroatoms. The van der Waals surface area contributed by atoms with E-state index >= 15 is 0 Å². The molecule has 0 saturated heterocycles. The number of methoxy groups -OCH3 is 4. The minimum absolute atomic E-state index is 0.161. The lowest BCUT2D eigenvalue weighted by molar-refractivity contribution is -0.130. The van der Waals surface area contributed by atoms with Crippen LogP contribution in [0.3, 0.4) is 0 Å². The van der Waals surface area contributed by atoms with Gasteiger partial charge in [-0.2, -0.15) is 5.10 Å². The number of benzene rings is 4. The number of hydrogen-bond acceptors (Lipinski definition) is 10. The van der Waals surface area contributed by atoms with E-state index in [1.54, 1.807) is 39.8 Å². The normalized spacial score (nSPS) is 13.9. The molecule has 5 aromatic rings. The smallest absolute Gasteiger partial charge is 0.240 e. The molecule has 1 aliphatic heterocycles. The van der Waals surface area contributed by atoms with Crippen molar-refractivity contribution in [3.8, 4) is 45.1 Å². The fourth-order valence-corrected chi connectivity index (χ4v) is 7.10. The predicted octanol–water partition coefficient (Wildman–Crippen LogP) is 8.71. The van der Waals surface area contributed by atoms with Crippen molar-refractivity contribution in [2.75, 3.05) is 41.7 Å². The number of amides is 1. The summed E-state index contributed by atoms with van der Waals surface area (Å²) in [4.78, 5) is 17.5. The Morgan fingerprint density at radius 1 is 0.745 bits per heavy atom. The van der Waals surface area contributed by atoms with Gasteiger partial charge in [-0.1, -0.05) is 30.3 Å². The summed E-state index contributed by atoms with van der Waals surface area (Å²) in [5.41, 5.74) is 4.50. The van der Waals surface area contributed by atoms with Crippen LogP contribution in [0.25, 0.3) is 20.8 Å². The third kappa shape index (κ3) is 8.20. The number of rotatable bonds is 16. The third-order valence-electron chi connectivity index (χ3n) is 8.74. The lowest BCUT2D eigenvalue weighted by atomic mass is 9.97. The van der Waals surface area contributed by atoms with Gasteiger partial charge in [0.25, 0.3) is 0 Å². The second-order valence-corrected chi connectivity index (χ2v) is 13.1. The molecule has 1 aromatic heterocycles. The van der Waals surface area contributed by atoms with Crippen LogP contribution in [-0.4, -0.2) is 63.3 Å². The Hall–Kier alpha value is -5.29. The van der Waals surface area contributed by atoms with Gasteiger partial charge >= 0.3 is 0 Å². The lowest BCUT2D eigenvalue weighted by Crippen LogP contribution is -2.24. The monoisotopic (exact) mass is 709 g/mol. The Bertz CT molecular complexity index is 1950. The molecular weight excluding hydrogens is 667 g/mol. The van der Waals surface area contributed by atoms with Gasteiger partial charge in [0, 0.05) is 24.5 Å². The minimum Gasteiger partial charge on any atom is -0.494 e. The largest absolute Gasteiger partial charge is 0.494 e. The van der Waals surface area contributed by atoms with Crippen molar-refractivity contribution in [2.24, 2.45) is 5.10 Å². The summed E-state index contributed by atoms with van der Waals surface area (Å²) < 4.78 is 35.7. The molecule has 0 radical (unpaired) electrons. The molecule has 1 amide bonds. The average Bonchev–Trinajstić information content (AvgIpc) is 3.81. The summed E-state index contributed by atoms with van der Waals surface area (Å²) in [6.45, 7) is 2.70. The summed E-state index contributed by atoms with van der Waals surface area (Å²) in [7, 11) is 6.33. The molecule has 51 heavy (non-hydrogen) atoms. The first-order chi connectivity index (χ1) is 24.9. The van der Waals surface area contributed by atoms with Gasteiger partial charge in [-0.25, -0.2) is 9.99 Å². The maximum atomic E-state index is 12.7. The molecule has 2 heterocycles. The van der Waals surface area contributed by atoms with Crippen molar-refractivity contribution in [2.45, 2.75) is 45.1 Å². The van der Waals surface area contributed by atoms with Gasteiger partial charge in [0.2, 0.25) is 11.7 Å². The number of aromatic nitrogens is 1. The molecular formula is C40H43N3O7S. The zero-order valence-electron chi connectivity index (χ0n) is 29.6. The molecule has 0 fully saturated rings. The van der Waals surface area contributed by atoms with Crippen LogP contribution in [0.4, 0.5) is 0 Å². The van der Waals surface area contributed by atoms with Gasteiger partial charge in [-0.3, -0.25) is 4.79 Å². The fraction of sp³-hybridized carbons (Fsp3) is 0.325. The molecule has 10 nitrogen and oxygen atoms in total. The number of hydrogen-bond donors (Lipinski definition) is 0. The number of nitrogens with zero attached hydrogens (tertiary/aromatic N) is 3. The first kappa shape index (κ1) is 35.5. The van der Waals surface area contributed by atoms with E-state index in [0.29, 0.717) is 48.4 Å². The van der Waals surface area contributed by atoms with E-state index in [0.717, 1.165) is 64.4 Å². The molecule has 4 aromatic carbocycles. The second-order valence-electron chi connectivity index (χ2n) is 12.1. The van der Waals surface area contributed by atoms with Crippen LogP contribution in [0.1, 0.15) is 56.2 Å². The van der Waals surface area contributed by atoms with Crippen molar-refractivity contribution in [1.29, 1.82) is 0 Å². The van der Waals surface area contributed by atoms with Crippen LogP contribution in [-0.2, 0) is 4.79 Å². The maximum absolute atomic E-state index is 12.7. The first-order valence-electron chi connectivity index (χ1n) is 17.0. The van der Waals surface area contributed by atoms with Crippen LogP contribution < -0.4 is 28.4 Å². The van der Waals surface area contributed by atoms with Gasteiger partial charge in [0.05, 0.1) is 63.6 Å². The number of carbonyl (C=O) groups is 1. The molecule has 266 valence electrons. The van der Waals surface area contributed by atoms with Crippen molar-refractivity contribution < 1.29 is 33.2 Å². The molecule has 1 unspecified atom stereocenters. The Balaban J connectivity index is 1.01. The van der Waals surface area contributed by atoms with Crippen molar-refractivity contribution in [3.63, 3.8) is 0 Å². The van der Waals surface area contributed by atoms with E-state index in [1.807, 2.05) is 60.7 Å². The number of fused-ring (bicyclic) bond motifs is 1. The van der Waals surface area contributed by atoms with E-state index in [4.69, 9.17) is 38.5 Å². The van der Waals surface area contributed by atoms with E-state index < -0.39 is 0 Å². The van der Waals surface area contributed by atoms with Gasteiger partial charge in [-0.15, -0.1) is 11.3 Å².